The summed E-state index contributed by atoms with van der Waals surface area (Å²) >= 11 is 0. The smallest absolute Gasteiger partial charge is 0.337 e. The molecule has 0 heterocycles. The van der Waals surface area contributed by atoms with Crippen molar-refractivity contribution in [3.8, 4) is 0 Å². The van der Waals surface area contributed by atoms with Crippen LogP contribution in [-0.2, 0) is 10.2 Å². The van der Waals surface area contributed by atoms with Crippen LogP contribution >= 0.6 is 0 Å². The summed E-state index contributed by atoms with van der Waals surface area (Å²) in [6, 6.07) is 3.20. The minimum atomic E-state index is -3.76. The highest BCUT2D eigenvalue weighted by atomic mass is 32.2. The number of nitrogens with zero attached hydrogens (tertiary/aromatic N) is 1. The average molecular weight is 314 g/mol. The maximum atomic E-state index is 12.2. The Hall–Kier alpha value is -1.60. The molecule has 0 amide bonds. The van der Waals surface area contributed by atoms with Gasteiger partial charge in [0.05, 0.1) is 11.3 Å². The first-order chi connectivity index (χ1) is 9.69. The molecule has 1 aromatic carbocycles. The molecule has 0 aliphatic heterocycles. The van der Waals surface area contributed by atoms with E-state index in [2.05, 4.69) is 4.72 Å². The van der Waals surface area contributed by atoms with Gasteiger partial charge in [0.25, 0.3) is 0 Å². The minimum absolute atomic E-state index is 0.0417. The van der Waals surface area contributed by atoms with Crippen LogP contribution in [0, 0.1) is 13.8 Å². The van der Waals surface area contributed by atoms with E-state index in [1.165, 1.54) is 17.4 Å². The van der Waals surface area contributed by atoms with E-state index in [0.29, 0.717) is 12.1 Å². The van der Waals surface area contributed by atoms with E-state index in [1.54, 1.807) is 19.9 Å². The Morgan fingerprint density at radius 3 is 2.48 bits per heavy atom. The zero-order chi connectivity index (χ0) is 16.2. The lowest BCUT2D eigenvalue weighted by Crippen LogP contribution is -2.34. The standard InChI is InChI=1S/C14H22N2O4S/c1-5-6-7-16(4)21(19,20)15-13-11(3)8-10(2)9-12(13)14(17)18/h8-9,15H,5-7H2,1-4H3,(H,17,18). The van der Waals surface area contributed by atoms with Crippen molar-refractivity contribution in [1.82, 2.24) is 4.31 Å². The topological polar surface area (TPSA) is 86.7 Å². The van der Waals surface area contributed by atoms with Crippen LogP contribution in [0.25, 0.3) is 0 Å². The van der Waals surface area contributed by atoms with Crippen molar-refractivity contribution in [1.29, 1.82) is 0 Å². The van der Waals surface area contributed by atoms with Crippen LogP contribution in [0.15, 0.2) is 12.1 Å². The Kier molecular flexibility index (Phi) is 5.74. The van der Waals surface area contributed by atoms with Crippen molar-refractivity contribution in [3.63, 3.8) is 0 Å². The van der Waals surface area contributed by atoms with Crippen LogP contribution in [0.3, 0.4) is 0 Å². The fraction of sp³-hybridized carbons (Fsp3) is 0.500. The molecule has 0 aliphatic rings. The molecule has 0 saturated heterocycles. The fourth-order valence-electron chi connectivity index (χ4n) is 1.98. The molecule has 0 spiro atoms. The molecule has 21 heavy (non-hydrogen) atoms. The highest BCUT2D eigenvalue weighted by Gasteiger charge is 2.22. The summed E-state index contributed by atoms with van der Waals surface area (Å²) < 4.78 is 28.1. The lowest BCUT2D eigenvalue weighted by atomic mass is 10.0. The zero-order valence-electron chi connectivity index (χ0n) is 12.8. The van der Waals surface area contributed by atoms with Crippen molar-refractivity contribution in [2.45, 2.75) is 33.6 Å². The molecular weight excluding hydrogens is 292 g/mol. The molecule has 0 aromatic heterocycles. The third kappa shape index (κ3) is 4.44. The Labute approximate surface area is 126 Å². The third-order valence-electron chi connectivity index (χ3n) is 3.18. The average Bonchev–Trinajstić information content (AvgIpc) is 2.38. The first kappa shape index (κ1) is 17.5. The van der Waals surface area contributed by atoms with Gasteiger partial charge >= 0.3 is 16.2 Å². The van der Waals surface area contributed by atoms with Gasteiger partial charge in [-0.15, -0.1) is 0 Å². The second-order valence-corrected chi connectivity index (χ2v) is 6.87. The monoisotopic (exact) mass is 314 g/mol. The zero-order valence-corrected chi connectivity index (χ0v) is 13.6. The van der Waals surface area contributed by atoms with Crippen molar-refractivity contribution in [2.75, 3.05) is 18.3 Å². The van der Waals surface area contributed by atoms with Crippen LogP contribution in [0.4, 0.5) is 5.69 Å². The lowest BCUT2D eigenvalue weighted by molar-refractivity contribution is 0.0698. The van der Waals surface area contributed by atoms with Crippen molar-refractivity contribution >= 4 is 21.9 Å². The van der Waals surface area contributed by atoms with E-state index in [0.717, 1.165) is 18.4 Å². The van der Waals surface area contributed by atoms with Crippen molar-refractivity contribution in [2.24, 2.45) is 0 Å². The maximum Gasteiger partial charge on any atom is 0.337 e. The van der Waals surface area contributed by atoms with Crippen LogP contribution in [0.2, 0.25) is 0 Å². The first-order valence-electron chi connectivity index (χ1n) is 6.77. The molecular formula is C14H22N2O4S. The Morgan fingerprint density at radius 1 is 1.33 bits per heavy atom. The number of hydrogen-bond acceptors (Lipinski definition) is 3. The van der Waals surface area contributed by atoms with Gasteiger partial charge in [-0.25, -0.2) is 4.79 Å². The predicted octanol–water partition coefficient (Wildman–Crippen LogP) is 2.39. The van der Waals surface area contributed by atoms with Gasteiger partial charge in [0.2, 0.25) is 0 Å². The highest BCUT2D eigenvalue weighted by molar-refractivity contribution is 7.90. The Balaban J connectivity index is 3.15. The Morgan fingerprint density at radius 2 is 1.95 bits per heavy atom. The molecule has 2 N–H and O–H groups in total. The van der Waals surface area contributed by atoms with Crippen LogP contribution in [0.1, 0.15) is 41.3 Å². The van der Waals surface area contributed by atoms with Crippen molar-refractivity contribution < 1.29 is 18.3 Å². The van der Waals surface area contributed by atoms with E-state index in [4.69, 9.17) is 0 Å². The first-order valence-corrected chi connectivity index (χ1v) is 8.21. The van der Waals surface area contributed by atoms with Gasteiger partial charge < -0.3 is 5.11 Å². The maximum absolute atomic E-state index is 12.2. The summed E-state index contributed by atoms with van der Waals surface area (Å²) in [6.45, 7) is 5.81. The molecule has 0 bridgehead atoms. The van der Waals surface area contributed by atoms with E-state index in [1.807, 2.05) is 6.92 Å². The molecule has 0 saturated carbocycles. The molecule has 1 rings (SSSR count). The molecule has 1 aromatic rings. The van der Waals surface area contributed by atoms with Gasteiger partial charge in [-0.2, -0.15) is 12.7 Å². The summed E-state index contributed by atoms with van der Waals surface area (Å²) in [6.07, 6.45) is 1.62. The molecule has 0 radical (unpaired) electrons. The van der Waals surface area contributed by atoms with Gasteiger partial charge in [0, 0.05) is 13.6 Å². The van der Waals surface area contributed by atoms with E-state index in [9.17, 15) is 18.3 Å². The number of rotatable bonds is 7. The number of carboxylic acid groups (broad SMARTS) is 1. The van der Waals surface area contributed by atoms with E-state index < -0.39 is 16.2 Å². The van der Waals surface area contributed by atoms with Gasteiger partial charge in [-0.1, -0.05) is 19.4 Å². The molecule has 0 aliphatic carbocycles. The number of hydrogen-bond donors (Lipinski definition) is 2. The summed E-state index contributed by atoms with van der Waals surface area (Å²) in [4.78, 5) is 11.3. The minimum Gasteiger partial charge on any atom is -0.478 e. The largest absolute Gasteiger partial charge is 0.478 e. The number of unbranched alkanes of at least 4 members (excludes halogenated alkanes) is 1. The van der Waals surface area contributed by atoms with Crippen LogP contribution < -0.4 is 4.72 Å². The number of aryl methyl sites for hydroxylation is 2. The van der Waals surface area contributed by atoms with Gasteiger partial charge in [-0.05, 0) is 37.5 Å². The number of anilines is 1. The lowest BCUT2D eigenvalue weighted by Gasteiger charge is -2.20. The fourth-order valence-corrected chi connectivity index (χ4v) is 3.03. The number of aromatic carboxylic acids is 1. The molecule has 118 valence electrons. The van der Waals surface area contributed by atoms with E-state index >= 15 is 0 Å². The molecule has 0 atom stereocenters. The summed E-state index contributed by atoms with van der Waals surface area (Å²) in [5.41, 5.74) is 1.43. The highest BCUT2D eigenvalue weighted by Crippen LogP contribution is 2.24. The summed E-state index contributed by atoms with van der Waals surface area (Å²) in [5, 5.41) is 9.24. The van der Waals surface area contributed by atoms with Gasteiger partial charge in [-0.3, -0.25) is 4.72 Å². The quantitative estimate of drug-likeness (QED) is 0.809. The molecule has 0 fully saturated rings. The predicted molar refractivity (Wildman–Crippen MR) is 83.0 cm³/mol. The summed E-state index contributed by atoms with van der Waals surface area (Å²) in [5.74, 6) is -1.16. The normalized spacial score (nSPS) is 11.7. The number of carboxylic acids is 1. The Bertz CT molecular complexity index is 626. The van der Waals surface area contributed by atoms with Gasteiger partial charge in [0.1, 0.15) is 0 Å². The second kappa shape index (κ2) is 6.91. The number of nitrogens with one attached hydrogen (secondary N) is 1. The molecule has 7 heteroatoms. The third-order valence-corrected chi connectivity index (χ3v) is 4.64. The summed E-state index contributed by atoms with van der Waals surface area (Å²) in [7, 11) is -2.28. The second-order valence-electron chi connectivity index (χ2n) is 5.09. The number of benzene rings is 1. The van der Waals surface area contributed by atoms with E-state index in [-0.39, 0.29) is 11.3 Å². The van der Waals surface area contributed by atoms with Crippen LogP contribution in [-0.4, -0.2) is 37.4 Å². The van der Waals surface area contributed by atoms with Gasteiger partial charge in [0.15, 0.2) is 0 Å². The SMILES string of the molecule is CCCCN(C)S(=O)(=O)Nc1c(C)cc(C)cc1C(=O)O. The van der Waals surface area contributed by atoms with Crippen molar-refractivity contribution in [3.05, 3.63) is 28.8 Å². The number of carbonyl (C=O) groups is 1. The van der Waals surface area contributed by atoms with Crippen LogP contribution in [0.5, 0.6) is 0 Å². The molecule has 0 unspecified atom stereocenters. The molecule has 6 nitrogen and oxygen atoms in total.